The second kappa shape index (κ2) is 6.43. The Hall–Kier alpha value is -1.01. The molecule has 1 heterocycles. The highest BCUT2D eigenvalue weighted by Gasteiger charge is 2.22. The molecule has 0 bridgehead atoms. The summed E-state index contributed by atoms with van der Waals surface area (Å²) in [4.78, 5) is 0. The van der Waals surface area contributed by atoms with Crippen LogP contribution in [0, 0.1) is 0 Å². The first-order valence-corrected chi connectivity index (χ1v) is 7.69. The van der Waals surface area contributed by atoms with Crippen LogP contribution in [0.25, 0.3) is 0 Å². The van der Waals surface area contributed by atoms with Gasteiger partial charge in [-0.25, -0.2) is 0 Å². The molecule has 1 aromatic rings. The maximum absolute atomic E-state index is 12.2. The molecule has 3 atom stereocenters. The van der Waals surface area contributed by atoms with E-state index in [1.54, 1.807) is 12.1 Å². The zero-order chi connectivity index (χ0) is 13.8. The molecule has 6 heteroatoms. The lowest BCUT2D eigenvalue weighted by Crippen LogP contribution is -2.30. The lowest BCUT2D eigenvalue weighted by Gasteiger charge is -2.20. The van der Waals surface area contributed by atoms with E-state index >= 15 is 0 Å². The number of halogens is 2. The number of benzene rings is 1. The summed E-state index contributed by atoms with van der Waals surface area (Å²) in [6.07, 6.45) is 0.857. The quantitative estimate of drug-likeness (QED) is 0.929. The first-order valence-electron chi connectivity index (χ1n) is 6.20. The van der Waals surface area contributed by atoms with Crippen molar-refractivity contribution in [3.05, 3.63) is 29.8 Å². The van der Waals surface area contributed by atoms with Crippen LogP contribution in [0.2, 0.25) is 0 Å². The highest BCUT2D eigenvalue weighted by molar-refractivity contribution is 7.85. The van der Waals surface area contributed by atoms with Gasteiger partial charge in [0.25, 0.3) is 0 Å². The van der Waals surface area contributed by atoms with Crippen molar-refractivity contribution in [3.63, 3.8) is 0 Å². The lowest BCUT2D eigenvalue weighted by atomic mass is 10.1. The Morgan fingerprint density at radius 3 is 3.00 bits per heavy atom. The first-order chi connectivity index (χ1) is 9.04. The maximum Gasteiger partial charge on any atom is 0.387 e. The van der Waals surface area contributed by atoms with E-state index in [0.717, 1.165) is 12.0 Å². The molecule has 1 saturated heterocycles. The summed E-state index contributed by atoms with van der Waals surface area (Å²) in [5, 5.41) is 3.37. The van der Waals surface area contributed by atoms with E-state index in [1.165, 1.54) is 6.07 Å². The van der Waals surface area contributed by atoms with Gasteiger partial charge in [0, 0.05) is 34.4 Å². The monoisotopic (exact) mass is 289 g/mol. The van der Waals surface area contributed by atoms with E-state index in [-0.39, 0.29) is 17.8 Å². The van der Waals surface area contributed by atoms with Gasteiger partial charge in [-0.2, -0.15) is 8.78 Å². The fourth-order valence-electron chi connectivity index (χ4n) is 2.15. The van der Waals surface area contributed by atoms with Gasteiger partial charge in [0.15, 0.2) is 0 Å². The van der Waals surface area contributed by atoms with Crippen LogP contribution in [-0.4, -0.2) is 28.4 Å². The SMILES string of the molecule is CC1CCS(=O)CC(c2cccc(OC(F)F)c2)N1. The highest BCUT2D eigenvalue weighted by Crippen LogP contribution is 2.23. The molecule has 0 aromatic heterocycles. The van der Waals surface area contributed by atoms with E-state index < -0.39 is 17.4 Å². The molecular weight excluding hydrogens is 272 g/mol. The Morgan fingerprint density at radius 2 is 2.26 bits per heavy atom. The highest BCUT2D eigenvalue weighted by atomic mass is 32.2. The Morgan fingerprint density at radius 1 is 1.47 bits per heavy atom. The van der Waals surface area contributed by atoms with Crippen LogP contribution in [0.5, 0.6) is 5.75 Å². The topological polar surface area (TPSA) is 38.3 Å². The lowest BCUT2D eigenvalue weighted by molar-refractivity contribution is -0.0499. The number of hydrogen-bond acceptors (Lipinski definition) is 3. The molecule has 3 unspecified atom stereocenters. The van der Waals surface area contributed by atoms with Gasteiger partial charge in [0.1, 0.15) is 5.75 Å². The molecule has 106 valence electrons. The van der Waals surface area contributed by atoms with E-state index in [1.807, 2.05) is 13.0 Å². The van der Waals surface area contributed by atoms with Crippen LogP contribution in [-0.2, 0) is 10.8 Å². The van der Waals surface area contributed by atoms with Crippen LogP contribution in [0.3, 0.4) is 0 Å². The third-order valence-corrected chi connectivity index (χ3v) is 4.50. The zero-order valence-electron chi connectivity index (χ0n) is 10.6. The predicted molar refractivity (Wildman–Crippen MR) is 70.9 cm³/mol. The Balaban J connectivity index is 2.17. The summed E-state index contributed by atoms with van der Waals surface area (Å²) in [6.45, 7) is -0.792. The van der Waals surface area contributed by atoms with E-state index in [9.17, 15) is 13.0 Å². The van der Waals surface area contributed by atoms with Gasteiger partial charge in [-0.1, -0.05) is 12.1 Å². The average Bonchev–Trinajstić information content (AvgIpc) is 2.51. The van der Waals surface area contributed by atoms with Gasteiger partial charge in [0.2, 0.25) is 0 Å². The Bertz CT molecular complexity index is 456. The minimum absolute atomic E-state index is 0.0837. The van der Waals surface area contributed by atoms with Crippen molar-refractivity contribution in [1.29, 1.82) is 0 Å². The van der Waals surface area contributed by atoms with Crippen molar-refractivity contribution in [2.75, 3.05) is 11.5 Å². The summed E-state index contributed by atoms with van der Waals surface area (Å²) < 4.78 is 40.6. The Kier molecular flexibility index (Phi) is 4.87. The van der Waals surface area contributed by atoms with Crippen molar-refractivity contribution >= 4 is 10.8 Å². The van der Waals surface area contributed by atoms with Crippen LogP contribution in [0.1, 0.15) is 24.9 Å². The molecule has 3 nitrogen and oxygen atoms in total. The molecule has 0 aliphatic carbocycles. The van der Waals surface area contributed by atoms with E-state index in [4.69, 9.17) is 0 Å². The number of ether oxygens (including phenoxy) is 1. The molecule has 19 heavy (non-hydrogen) atoms. The van der Waals surface area contributed by atoms with Crippen molar-refractivity contribution in [2.24, 2.45) is 0 Å². The molecule has 0 saturated carbocycles. The van der Waals surface area contributed by atoms with Gasteiger partial charge in [-0.3, -0.25) is 4.21 Å². The molecule has 1 fully saturated rings. The van der Waals surface area contributed by atoms with Gasteiger partial charge < -0.3 is 10.1 Å². The van der Waals surface area contributed by atoms with E-state index in [0.29, 0.717) is 11.5 Å². The molecule has 1 aliphatic rings. The third-order valence-electron chi connectivity index (χ3n) is 3.10. The predicted octanol–water partition coefficient (Wildman–Crippen LogP) is 2.46. The first kappa shape index (κ1) is 14.4. The number of rotatable bonds is 3. The van der Waals surface area contributed by atoms with Crippen molar-refractivity contribution < 1.29 is 17.7 Å². The summed E-state index contributed by atoms with van der Waals surface area (Å²) in [5.74, 6) is 1.32. The second-order valence-corrected chi connectivity index (χ2v) is 6.29. The van der Waals surface area contributed by atoms with E-state index in [2.05, 4.69) is 10.1 Å². The summed E-state index contributed by atoms with van der Waals surface area (Å²) in [5.41, 5.74) is 0.834. The fraction of sp³-hybridized carbons (Fsp3) is 0.538. The van der Waals surface area contributed by atoms with Gasteiger partial charge in [0.05, 0.1) is 0 Å². The van der Waals surface area contributed by atoms with Crippen molar-refractivity contribution in [3.8, 4) is 5.75 Å². The summed E-state index contributed by atoms with van der Waals surface area (Å²) in [7, 11) is -0.878. The average molecular weight is 289 g/mol. The zero-order valence-corrected chi connectivity index (χ0v) is 11.5. The standard InChI is InChI=1S/C13H17F2NO2S/c1-9-5-6-19(17)8-12(16-9)10-3-2-4-11(7-10)18-13(14)15/h2-4,7,9,12-13,16H,5-6,8H2,1H3. The normalized spacial score (nSPS) is 28.1. The Labute approximate surface area is 113 Å². The smallest absolute Gasteiger partial charge is 0.387 e. The maximum atomic E-state index is 12.2. The van der Waals surface area contributed by atoms with Gasteiger partial charge >= 0.3 is 6.61 Å². The molecule has 1 aromatic carbocycles. The minimum atomic E-state index is -2.83. The third kappa shape index (κ3) is 4.24. The van der Waals surface area contributed by atoms with Crippen LogP contribution in [0.4, 0.5) is 8.78 Å². The number of nitrogens with one attached hydrogen (secondary N) is 1. The molecule has 0 amide bonds. The largest absolute Gasteiger partial charge is 0.435 e. The van der Waals surface area contributed by atoms with Gasteiger partial charge in [-0.15, -0.1) is 0 Å². The summed E-state index contributed by atoms with van der Waals surface area (Å²) >= 11 is 0. The number of alkyl halides is 2. The van der Waals surface area contributed by atoms with Gasteiger partial charge in [-0.05, 0) is 31.0 Å². The molecule has 0 spiro atoms. The molecule has 1 aliphatic heterocycles. The van der Waals surface area contributed by atoms with Crippen molar-refractivity contribution in [2.45, 2.75) is 32.0 Å². The van der Waals surface area contributed by atoms with Crippen LogP contribution >= 0.6 is 0 Å². The molecular formula is C13H17F2NO2S. The molecule has 2 rings (SSSR count). The van der Waals surface area contributed by atoms with Crippen LogP contribution in [0.15, 0.2) is 24.3 Å². The minimum Gasteiger partial charge on any atom is -0.435 e. The second-order valence-electron chi connectivity index (χ2n) is 4.67. The summed E-state index contributed by atoms with van der Waals surface area (Å²) in [6, 6.07) is 6.76. The molecule has 0 radical (unpaired) electrons. The number of hydrogen-bond donors (Lipinski definition) is 1. The van der Waals surface area contributed by atoms with Crippen LogP contribution < -0.4 is 10.1 Å². The fourth-order valence-corrected chi connectivity index (χ4v) is 3.60. The van der Waals surface area contributed by atoms with Crippen molar-refractivity contribution in [1.82, 2.24) is 5.32 Å². The molecule has 1 N–H and O–H groups in total.